The van der Waals surface area contributed by atoms with Gasteiger partial charge in [0.15, 0.2) is 11.5 Å². The van der Waals surface area contributed by atoms with E-state index < -0.39 is 17.9 Å². The normalized spacial score (nSPS) is 11.8. The summed E-state index contributed by atoms with van der Waals surface area (Å²) in [6.07, 6.45) is 0. The predicted molar refractivity (Wildman–Crippen MR) is 72.8 cm³/mol. The van der Waals surface area contributed by atoms with Gasteiger partial charge in [-0.25, -0.2) is 4.79 Å². The topological polar surface area (TPSA) is 84.9 Å². The van der Waals surface area contributed by atoms with Crippen LogP contribution in [0.1, 0.15) is 24.2 Å². The van der Waals surface area contributed by atoms with Crippen LogP contribution in [0.3, 0.4) is 0 Å². The van der Waals surface area contributed by atoms with Gasteiger partial charge in [0.1, 0.15) is 6.04 Å². The van der Waals surface area contributed by atoms with E-state index in [2.05, 4.69) is 10.1 Å². The molecule has 20 heavy (non-hydrogen) atoms. The molecule has 1 aromatic rings. The standard InChI is InChI=1S/C14H19NO5/c1-8(2)11(14(18)20-4)15-13(17)9-6-5-7-10(19-3)12(9)16/h5-8,11,16H,1-4H3,(H,15,17). The Morgan fingerprint density at radius 3 is 2.40 bits per heavy atom. The molecule has 1 rings (SSSR count). The molecule has 0 aliphatic rings. The van der Waals surface area contributed by atoms with Gasteiger partial charge in [-0.2, -0.15) is 0 Å². The van der Waals surface area contributed by atoms with E-state index in [9.17, 15) is 14.7 Å². The lowest BCUT2D eigenvalue weighted by Gasteiger charge is -2.20. The van der Waals surface area contributed by atoms with Crippen molar-refractivity contribution in [3.05, 3.63) is 23.8 Å². The van der Waals surface area contributed by atoms with Gasteiger partial charge in [0.25, 0.3) is 5.91 Å². The average molecular weight is 281 g/mol. The first-order valence-electron chi connectivity index (χ1n) is 6.17. The van der Waals surface area contributed by atoms with Crippen molar-refractivity contribution in [2.45, 2.75) is 19.9 Å². The van der Waals surface area contributed by atoms with E-state index in [1.165, 1.54) is 26.4 Å². The Balaban J connectivity index is 2.98. The monoisotopic (exact) mass is 281 g/mol. The zero-order chi connectivity index (χ0) is 15.3. The molecule has 6 nitrogen and oxygen atoms in total. The van der Waals surface area contributed by atoms with Gasteiger partial charge in [0.2, 0.25) is 0 Å². The summed E-state index contributed by atoms with van der Waals surface area (Å²) >= 11 is 0. The summed E-state index contributed by atoms with van der Waals surface area (Å²) in [6.45, 7) is 3.57. The Bertz CT molecular complexity index is 498. The molecule has 2 N–H and O–H groups in total. The maximum atomic E-state index is 12.1. The number of nitrogens with one attached hydrogen (secondary N) is 1. The molecule has 0 aromatic heterocycles. The van der Waals surface area contributed by atoms with Crippen LogP contribution >= 0.6 is 0 Å². The molecule has 110 valence electrons. The van der Waals surface area contributed by atoms with E-state index in [-0.39, 0.29) is 23.0 Å². The number of ether oxygens (including phenoxy) is 2. The number of hydrogen-bond donors (Lipinski definition) is 2. The Hall–Kier alpha value is -2.24. The van der Waals surface area contributed by atoms with Crippen LogP contribution in [0.4, 0.5) is 0 Å². The second-order valence-electron chi connectivity index (χ2n) is 4.57. The third kappa shape index (κ3) is 3.40. The molecule has 0 aliphatic heterocycles. The van der Waals surface area contributed by atoms with Crippen molar-refractivity contribution in [2.24, 2.45) is 5.92 Å². The van der Waals surface area contributed by atoms with Crippen molar-refractivity contribution in [3.8, 4) is 11.5 Å². The van der Waals surface area contributed by atoms with Gasteiger partial charge >= 0.3 is 5.97 Å². The SMILES string of the molecule is COC(=O)C(NC(=O)c1cccc(OC)c1O)C(C)C. The molecular weight excluding hydrogens is 262 g/mol. The number of carbonyl (C=O) groups is 2. The van der Waals surface area contributed by atoms with E-state index in [1.807, 2.05) is 0 Å². The number of aromatic hydroxyl groups is 1. The smallest absolute Gasteiger partial charge is 0.328 e. The highest BCUT2D eigenvalue weighted by molar-refractivity contribution is 5.99. The van der Waals surface area contributed by atoms with E-state index in [1.54, 1.807) is 19.9 Å². The number of phenolic OH excluding ortho intramolecular Hbond substituents is 1. The first-order valence-corrected chi connectivity index (χ1v) is 6.17. The molecule has 0 saturated carbocycles. The van der Waals surface area contributed by atoms with Crippen molar-refractivity contribution >= 4 is 11.9 Å². The number of benzene rings is 1. The maximum Gasteiger partial charge on any atom is 0.328 e. The number of esters is 1. The number of hydrogen-bond acceptors (Lipinski definition) is 5. The highest BCUT2D eigenvalue weighted by atomic mass is 16.5. The summed E-state index contributed by atoms with van der Waals surface area (Å²) in [7, 11) is 2.65. The van der Waals surface area contributed by atoms with Gasteiger partial charge in [0.05, 0.1) is 19.8 Å². The maximum absolute atomic E-state index is 12.1. The van der Waals surface area contributed by atoms with Crippen LogP contribution < -0.4 is 10.1 Å². The first kappa shape index (κ1) is 15.8. The lowest BCUT2D eigenvalue weighted by Crippen LogP contribution is -2.45. The van der Waals surface area contributed by atoms with Crippen LogP contribution in [0.2, 0.25) is 0 Å². The van der Waals surface area contributed by atoms with Crippen molar-refractivity contribution in [1.82, 2.24) is 5.32 Å². The van der Waals surface area contributed by atoms with Gasteiger partial charge in [-0.1, -0.05) is 19.9 Å². The third-order valence-electron chi connectivity index (χ3n) is 2.87. The second-order valence-corrected chi connectivity index (χ2v) is 4.57. The van der Waals surface area contributed by atoms with Gasteiger partial charge in [-0.15, -0.1) is 0 Å². The molecule has 0 aliphatic carbocycles. The minimum Gasteiger partial charge on any atom is -0.504 e. The lowest BCUT2D eigenvalue weighted by atomic mass is 10.0. The Labute approximate surface area is 117 Å². The van der Waals surface area contributed by atoms with Crippen molar-refractivity contribution < 1.29 is 24.2 Å². The summed E-state index contributed by atoms with van der Waals surface area (Å²) in [5.74, 6) is -1.31. The van der Waals surface area contributed by atoms with E-state index in [0.29, 0.717) is 0 Å². The number of carbonyl (C=O) groups excluding carboxylic acids is 2. The van der Waals surface area contributed by atoms with E-state index in [4.69, 9.17) is 4.74 Å². The number of phenols is 1. The van der Waals surface area contributed by atoms with Gasteiger partial charge in [-0.3, -0.25) is 4.79 Å². The van der Waals surface area contributed by atoms with Crippen molar-refractivity contribution in [2.75, 3.05) is 14.2 Å². The molecule has 1 amide bonds. The Morgan fingerprint density at radius 1 is 1.25 bits per heavy atom. The largest absolute Gasteiger partial charge is 0.504 e. The summed E-state index contributed by atoms with van der Waals surface area (Å²) in [5.41, 5.74) is 0.0407. The first-order chi connectivity index (χ1) is 9.42. The van der Waals surface area contributed by atoms with Gasteiger partial charge in [0, 0.05) is 0 Å². The predicted octanol–water partition coefficient (Wildman–Crippen LogP) is 1.33. The summed E-state index contributed by atoms with van der Waals surface area (Å²) in [5, 5.41) is 12.5. The molecule has 6 heteroatoms. The van der Waals surface area contributed by atoms with Crippen LogP contribution in [-0.2, 0) is 9.53 Å². The summed E-state index contributed by atoms with van der Waals surface area (Å²) in [6, 6.07) is 3.78. The van der Waals surface area contributed by atoms with Gasteiger partial charge < -0.3 is 19.9 Å². The van der Waals surface area contributed by atoms with Crippen LogP contribution in [0, 0.1) is 5.92 Å². The molecule has 1 unspecified atom stereocenters. The summed E-state index contributed by atoms with van der Waals surface area (Å²) in [4.78, 5) is 23.7. The summed E-state index contributed by atoms with van der Waals surface area (Å²) < 4.78 is 9.58. The molecular formula is C14H19NO5. The molecule has 0 fully saturated rings. The quantitative estimate of drug-likeness (QED) is 0.795. The van der Waals surface area contributed by atoms with Crippen LogP contribution in [-0.4, -0.2) is 37.2 Å². The van der Waals surface area contributed by atoms with E-state index in [0.717, 1.165) is 0 Å². The Kier molecular flexibility index (Phi) is 5.37. The number of rotatable bonds is 5. The average Bonchev–Trinajstić information content (AvgIpc) is 2.43. The van der Waals surface area contributed by atoms with Crippen molar-refractivity contribution in [3.63, 3.8) is 0 Å². The molecule has 0 bridgehead atoms. The van der Waals surface area contributed by atoms with Crippen LogP contribution in [0.5, 0.6) is 11.5 Å². The fourth-order valence-corrected chi connectivity index (χ4v) is 1.71. The minimum absolute atomic E-state index is 0.0407. The number of amides is 1. The lowest BCUT2D eigenvalue weighted by molar-refractivity contribution is -0.144. The Morgan fingerprint density at radius 2 is 1.90 bits per heavy atom. The molecule has 0 radical (unpaired) electrons. The molecule has 1 atom stereocenters. The molecule has 0 spiro atoms. The number of methoxy groups -OCH3 is 2. The number of para-hydroxylation sites is 1. The molecule has 0 heterocycles. The zero-order valence-corrected chi connectivity index (χ0v) is 12.0. The zero-order valence-electron chi connectivity index (χ0n) is 12.0. The second kappa shape index (κ2) is 6.79. The van der Waals surface area contributed by atoms with Crippen LogP contribution in [0.25, 0.3) is 0 Å². The van der Waals surface area contributed by atoms with Crippen molar-refractivity contribution in [1.29, 1.82) is 0 Å². The fraction of sp³-hybridized carbons (Fsp3) is 0.429. The molecule has 0 saturated heterocycles. The third-order valence-corrected chi connectivity index (χ3v) is 2.87. The van der Waals surface area contributed by atoms with Gasteiger partial charge in [-0.05, 0) is 18.1 Å². The highest BCUT2D eigenvalue weighted by Crippen LogP contribution is 2.29. The molecule has 1 aromatic carbocycles. The van der Waals surface area contributed by atoms with Crippen LogP contribution in [0.15, 0.2) is 18.2 Å². The minimum atomic E-state index is -0.780. The fourth-order valence-electron chi connectivity index (χ4n) is 1.71. The highest BCUT2D eigenvalue weighted by Gasteiger charge is 2.26. The van der Waals surface area contributed by atoms with E-state index >= 15 is 0 Å².